The van der Waals surface area contributed by atoms with Gasteiger partial charge in [0.1, 0.15) is 17.9 Å². The van der Waals surface area contributed by atoms with E-state index in [9.17, 15) is 0 Å². The number of rotatable bonds is 5. The van der Waals surface area contributed by atoms with E-state index in [0.29, 0.717) is 24.0 Å². The van der Waals surface area contributed by atoms with E-state index in [4.69, 9.17) is 10.5 Å². The van der Waals surface area contributed by atoms with E-state index in [-0.39, 0.29) is 0 Å². The minimum Gasteiger partial charge on any atom is -0.439 e. The summed E-state index contributed by atoms with van der Waals surface area (Å²) >= 11 is 3.53. The van der Waals surface area contributed by atoms with Crippen molar-refractivity contribution in [1.29, 1.82) is 0 Å². The maximum Gasteiger partial charge on any atom is 0.224 e. The van der Waals surface area contributed by atoms with Crippen LogP contribution < -0.4 is 15.8 Å². The Bertz CT molecular complexity index is 830. The van der Waals surface area contributed by atoms with Crippen LogP contribution in [0.2, 0.25) is 0 Å². The van der Waals surface area contributed by atoms with Crippen molar-refractivity contribution in [3.05, 3.63) is 76.7 Å². The molecule has 0 saturated carbocycles. The molecule has 25 heavy (non-hydrogen) atoms. The molecule has 0 atom stereocenters. The van der Waals surface area contributed by atoms with Crippen LogP contribution in [0.3, 0.4) is 0 Å². The van der Waals surface area contributed by atoms with Crippen molar-refractivity contribution in [3.63, 3.8) is 0 Å². The molecule has 6 heteroatoms. The van der Waals surface area contributed by atoms with E-state index >= 15 is 0 Å². The number of anilines is 1. The number of hydrogen-bond acceptors (Lipinski definition) is 5. The van der Waals surface area contributed by atoms with E-state index in [2.05, 4.69) is 43.4 Å². The van der Waals surface area contributed by atoms with E-state index in [0.717, 1.165) is 28.6 Å². The molecule has 1 heterocycles. The molecule has 3 N–H and O–H groups in total. The van der Waals surface area contributed by atoms with E-state index in [1.807, 2.05) is 36.4 Å². The Morgan fingerprint density at radius 2 is 2.08 bits per heavy atom. The summed E-state index contributed by atoms with van der Waals surface area (Å²) in [7, 11) is 0. The number of ether oxygens (including phenoxy) is 1. The smallest absolute Gasteiger partial charge is 0.224 e. The molecule has 0 aliphatic heterocycles. The van der Waals surface area contributed by atoms with Gasteiger partial charge in [-0.15, -0.1) is 0 Å². The van der Waals surface area contributed by atoms with Gasteiger partial charge in [-0.2, -0.15) is 0 Å². The molecule has 1 aromatic carbocycles. The lowest BCUT2D eigenvalue weighted by Crippen LogP contribution is -2.02. The Kier molecular flexibility index (Phi) is 5.98. The summed E-state index contributed by atoms with van der Waals surface area (Å²) in [5.74, 6) is 1.84. The Morgan fingerprint density at radius 3 is 2.96 bits per heavy atom. The summed E-state index contributed by atoms with van der Waals surface area (Å²) in [5.41, 5.74) is 7.65. The van der Waals surface area contributed by atoms with Crippen LogP contribution >= 0.6 is 15.9 Å². The average Bonchev–Trinajstić information content (AvgIpc) is 2.60. The van der Waals surface area contributed by atoms with Crippen LogP contribution in [-0.2, 0) is 6.54 Å². The van der Waals surface area contributed by atoms with Crippen LogP contribution in [0, 0.1) is 0 Å². The van der Waals surface area contributed by atoms with Crippen LogP contribution in [0.25, 0.3) is 0 Å². The van der Waals surface area contributed by atoms with E-state index < -0.39 is 0 Å². The second-order valence-electron chi connectivity index (χ2n) is 5.45. The lowest BCUT2D eigenvalue weighted by molar-refractivity contribution is 0.456. The molecule has 0 amide bonds. The molecule has 2 aromatic rings. The minimum absolute atomic E-state index is 0.408. The van der Waals surface area contributed by atoms with Crippen molar-refractivity contribution in [2.45, 2.75) is 19.4 Å². The van der Waals surface area contributed by atoms with E-state index in [1.165, 1.54) is 6.33 Å². The first-order valence-corrected chi connectivity index (χ1v) is 8.82. The Morgan fingerprint density at radius 1 is 1.20 bits per heavy atom. The monoisotopic (exact) mass is 398 g/mol. The summed E-state index contributed by atoms with van der Waals surface area (Å²) in [4.78, 5) is 8.45. The van der Waals surface area contributed by atoms with Crippen molar-refractivity contribution < 1.29 is 4.74 Å². The largest absolute Gasteiger partial charge is 0.439 e. The maximum atomic E-state index is 5.87. The van der Waals surface area contributed by atoms with Crippen LogP contribution in [0.5, 0.6) is 11.6 Å². The van der Waals surface area contributed by atoms with Crippen LogP contribution in [0.15, 0.2) is 71.1 Å². The van der Waals surface area contributed by atoms with Crippen LogP contribution in [0.4, 0.5) is 5.82 Å². The number of halogens is 1. The lowest BCUT2D eigenvalue weighted by Gasteiger charge is -2.11. The molecule has 1 aromatic heterocycles. The highest BCUT2D eigenvalue weighted by Gasteiger charge is 2.06. The average molecular weight is 399 g/mol. The van der Waals surface area contributed by atoms with Crippen molar-refractivity contribution in [3.8, 4) is 11.6 Å². The zero-order valence-electron chi connectivity index (χ0n) is 13.7. The van der Waals surface area contributed by atoms with Gasteiger partial charge in [0.05, 0.1) is 0 Å². The predicted octanol–water partition coefficient (Wildman–Crippen LogP) is 4.65. The Labute approximate surface area is 155 Å². The summed E-state index contributed by atoms with van der Waals surface area (Å²) < 4.78 is 6.88. The van der Waals surface area contributed by atoms with Crippen molar-refractivity contribution in [2.75, 3.05) is 5.32 Å². The van der Waals surface area contributed by atoms with Gasteiger partial charge in [-0.3, -0.25) is 0 Å². The van der Waals surface area contributed by atoms with Crippen molar-refractivity contribution >= 4 is 21.7 Å². The number of allylic oxidation sites excluding steroid dienone is 5. The van der Waals surface area contributed by atoms with Gasteiger partial charge < -0.3 is 15.8 Å². The highest BCUT2D eigenvalue weighted by atomic mass is 79.9. The zero-order chi connectivity index (χ0) is 17.5. The molecule has 0 fully saturated rings. The molecule has 0 spiro atoms. The fourth-order valence-corrected chi connectivity index (χ4v) is 2.80. The van der Waals surface area contributed by atoms with Gasteiger partial charge in [0.15, 0.2) is 0 Å². The molecular formula is C19H19BrN4O. The Balaban J connectivity index is 1.77. The SMILES string of the molecule is NCc1ccccc1Oc1cc(NC2=C/CCC=C/C(Br)=C\2)ncn1. The first kappa shape index (κ1) is 17.4. The van der Waals surface area contributed by atoms with E-state index in [1.54, 1.807) is 6.07 Å². The number of aromatic nitrogens is 2. The van der Waals surface area contributed by atoms with Crippen molar-refractivity contribution in [2.24, 2.45) is 5.73 Å². The third kappa shape index (κ3) is 5.01. The number of hydrogen-bond donors (Lipinski definition) is 2. The zero-order valence-corrected chi connectivity index (χ0v) is 15.2. The quantitative estimate of drug-likeness (QED) is 0.766. The normalized spacial score (nSPS) is 18.3. The number of nitrogens with zero attached hydrogens (tertiary/aromatic N) is 2. The first-order valence-electron chi connectivity index (χ1n) is 8.03. The van der Waals surface area contributed by atoms with Gasteiger partial charge in [0, 0.05) is 28.4 Å². The molecule has 128 valence electrons. The highest BCUT2D eigenvalue weighted by molar-refractivity contribution is 9.11. The summed E-state index contributed by atoms with van der Waals surface area (Å²) in [6, 6.07) is 9.42. The van der Waals surface area contributed by atoms with Gasteiger partial charge in [0.2, 0.25) is 5.88 Å². The standard InChI is InChI=1S/C19H19BrN4O/c20-15-7-2-1-3-8-16(10-15)24-18-11-19(23-13-22-18)25-17-9-5-4-6-14(17)12-21/h2,4-11,13H,1,3,12,21H2,(H,22,23,24)/b7-2?,15-10+,16-8+. The Hall–Kier alpha value is -2.44. The fraction of sp³-hybridized carbons (Fsp3) is 0.158. The first-order chi connectivity index (χ1) is 12.2. The summed E-state index contributed by atoms with van der Waals surface area (Å²) in [5, 5.41) is 3.30. The molecule has 5 nitrogen and oxygen atoms in total. The van der Waals surface area contributed by atoms with Gasteiger partial charge >= 0.3 is 0 Å². The molecule has 1 aliphatic rings. The van der Waals surface area contributed by atoms with Gasteiger partial charge in [-0.25, -0.2) is 9.97 Å². The van der Waals surface area contributed by atoms with Crippen LogP contribution in [0.1, 0.15) is 18.4 Å². The predicted molar refractivity (Wildman–Crippen MR) is 104 cm³/mol. The third-order valence-corrected chi connectivity index (χ3v) is 4.08. The van der Waals surface area contributed by atoms with Crippen molar-refractivity contribution in [1.82, 2.24) is 9.97 Å². The highest BCUT2D eigenvalue weighted by Crippen LogP contribution is 2.25. The molecule has 0 unspecified atom stereocenters. The molecule has 0 saturated heterocycles. The minimum atomic E-state index is 0.408. The number of nitrogens with one attached hydrogen (secondary N) is 1. The molecule has 0 bridgehead atoms. The molecular weight excluding hydrogens is 380 g/mol. The second kappa shape index (κ2) is 8.60. The van der Waals surface area contributed by atoms with Gasteiger partial charge in [-0.1, -0.05) is 52.4 Å². The molecule has 0 radical (unpaired) electrons. The molecule has 3 rings (SSSR count). The third-order valence-electron chi connectivity index (χ3n) is 3.59. The lowest BCUT2D eigenvalue weighted by atomic mass is 10.2. The van der Waals surface area contributed by atoms with Gasteiger partial charge in [0.25, 0.3) is 0 Å². The summed E-state index contributed by atoms with van der Waals surface area (Å²) in [6.45, 7) is 0.408. The number of benzene rings is 1. The maximum absolute atomic E-state index is 5.87. The number of nitrogens with two attached hydrogens (primary N) is 1. The fourth-order valence-electron chi connectivity index (χ4n) is 2.37. The molecule has 1 aliphatic carbocycles. The van der Waals surface area contributed by atoms with Crippen LogP contribution in [-0.4, -0.2) is 9.97 Å². The second-order valence-corrected chi connectivity index (χ2v) is 6.36. The van der Waals surface area contributed by atoms with Gasteiger partial charge in [-0.05, 0) is 25.0 Å². The number of para-hydroxylation sites is 1. The summed E-state index contributed by atoms with van der Waals surface area (Å²) in [6.07, 6.45) is 11.8. The topological polar surface area (TPSA) is 73.1 Å².